The van der Waals surface area contributed by atoms with Crippen LogP contribution in [0.3, 0.4) is 0 Å². The van der Waals surface area contributed by atoms with Gasteiger partial charge in [-0.1, -0.05) is 6.92 Å². The first-order valence-corrected chi connectivity index (χ1v) is 6.28. The molecule has 2 amide bonds. The summed E-state index contributed by atoms with van der Waals surface area (Å²) in [7, 11) is 1.23. The average Bonchev–Trinajstić information content (AvgIpc) is 2.28. The summed E-state index contributed by atoms with van der Waals surface area (Å²) >= 11 is 0. The first kappa shape index (κ1) is 15.5. The van der Waals surface area contributed by atoms with E-state index in [1.165, 1.54) is 7.11 Å². The van der Waals surface area contributed by atoms with Gasteiger partial charge in [-0.2, -0.15) is 0 Å². The summed E-state index contributed by atoms with van der Waals surface area (Å²) in [6, 6.07) is 0. The molecule has 108 valence electrons. The Kier molecular flexibility index (Phi) is 4.55. The highest BCUT2D eigenvalue weighted by molar-refractivity contribution is 6.04. The number of methoxy groups -OCH3 is 1. The van der Waals surface area contributed by atoms with Crippen LogP contribution >= 0.6 is 0 Å². The molecule has 1 heterocycles. The molecule has 0 aromatic heterocycles. The predicted molar refractivity (Wildman–Crippen MR) is 67.2 cm³/mol. The molecule has 0 bridgehead atoms. The van der Waals surface area contributed by atoms with Gasteiger partial charge in [0.05, 0.1) is 7.11 Å². The van der Waals surface area contributed by atoms with Crippen molar-refractivity contribution in [3.8, 4) is 0 Å². The lowest BCUT2D eigenvalue weighted by molar-refractivity contribution is -0.156. The van der Waals surface area contributed by atoms with Crippen molar-refractivity contribution in [1.82, 2.24) is 4.90 Å². The third-order valence-electron chi connectivity index (χ3n) is 2.80. The number of carbonyl (C=O) groups is 3. The molecule has 0 aliphatic carbocycles. The van der Waals surface area contributed by atoms with Gasteiger partial charge >= 0.3 is 12.1 Å². The van der Waals surface area contributed by atoms with Crippen molar-refractivity contribution >= 4 is 18.0 Å². The van der Waals surface area contributed by atoms with E-state index in [1.807, 2.05) is 6.92 Å². The van der Waals surface area contributed by atoms with Crippen molar-refractivity contribution in [3.05, 3.63) is 0 Å². The Morgan fingerprint density at radius 2 is 1.89 bits per heavy atom. The normalized spacial score (nSPS) is 24.1. The van der Waals surface area contributed by atoms with Gasteiger partial charge in [0.1, 0.15) is 11.5 Å². The number of imide groups is 1. The molecule has 6 nitrogen and oxygen atoms in total. The lowest BCUT2D eigenvalue weighted by Gasteiger charge is -2.34. The molecule has 1 aliphatic rings. The molecular weight excluding hydrogens is 250 g/mol. The molecule has 1 aliphatic heterocycles. The number of amides is 2. The van der Waals surface area contributed by atoms with Crippen molar-refractivity contribution in [2.24, 2.45) is 11.8 Å². The highest BCUT2D eigenvalue weighted by Gasteiger charge is 2.42. The number of rotatable bonds is 1. The van der Waals surface area contributed by atoms with Gasteiger partial charge in [-0.25, -0.2) is 9.69 Å². The lowest BCUT2D eigenvalue weighted by Crippen LogP contribution is -2.51. The number of hydrogen-bond acceptors (Lipinski definition) is 5. The maximum absolute atomic E-state index is 12.1. The summed E-state index contributed by atoms with van der Waals surface area (Å²) < 4.78 is 9.77. The molecular formula is C13H21NO5. The largest absolute Gasteiger partial charge is 0.468 e. The van der Waals surface area contributed by atoms with Crippen LogP contribution in [0.15, 0.2) is 0 Å². The molecule has 0 spiro atoms. The van der Waals surface area contributed by atoms with Crippen molar-refractivity contribution in [2.45, 2.75) is 39.7 Å². The van der Waals surface area contributed by atoms with Gasteiger partial charge in [0.25, 0.3) is 0 Å². The van der Waals surface area contributed by atoms with Gasteiger partial charge in [0.15, 0.2) is 0 Å². The van der Waals surface area contributed by atoms with E-state index >= 15 is 0 Å². The fourth-order valence-electron chi connectivity index (χ4n) is 1.99. The Morgan fingerprint density at radius 1 is 1.32 bits per heavy atom. The number of piperidine rings is 1. The van der Waals surface area contributed by atoms with E-state index in [0.717, 1.165) is 4.90 Å². The van der Waals surface area contributed by atoms with E-state index in [1.54, 1.807) is 20.8 Å². The Bertz CT molecular complexity index is 385. The van der Waals surface area contributed by atoms with Crippen LogP contribution in [0, 0.1) is 11.8 Å². The number of hydrogen-bond donors (Lipinski definition) is 0. The maximum Gasteiger partial charge on any atom is 0.417 e. The van der Waals surface area contributed by atoms with Gasteiger partial charge < -0.3 is 9.47 Å². The Hall–Kier alpha value is -1.59. The van der Waals surface area contributed by atoms with Crippen LogP contribution < -0.4 is 0 Å². The molecule has 2 unspecified atom stereocenters. The van der Waals surface area contributed by atoms with E-state index in [9.17, 15) is 14.4 Å². The van der Waals surface area contributed by atoms with Crippen LogP contribution in [0.2, 0.25) is 0 Å². The second-order valence-electron chi connectivity index (χ2n) is 5.85. The third kappa shape index (κ3) is 3.94. The minimum atomic E-state index is -0.915. The molecule has 19 heavy (non-hydrogen) atoms. The average molecular weight is 271 g/mol. The summed E-state index contributed by atoms with van der Waals surface area (Å²) in [6.45, 7) is 7.31. The molecule has 0 aromatic rings. The summed E-state index contributed by atoms with van der Waals surface area (Å²) in [5.74, 6) is -2.03. The standard InChI is InChI=1S/C13H21NO5/c1-8-6-9(11(16)18-5)10(15)14(7-8)12(17)19-13(2,3)4/h8-9H,6-7H2,1-5H3. The Morgan fingerprint density at radius 3 is 2.37 bits per heavy atom. The minimum absolute atomic E-state index is 0.0364. The number of nitrogens with zero attached hydrogens (tertiary/aromatic N) is 1. The van der Waals surface area contributed by atoms with Crippen molar-refractivity contribution in [2.75, 3.05) is 13.7 Å². The fourth-order valence-corrected chi connectivity index (χ4v) is 1.99. The molecule has 1 saturated heterocycles. The Labute approximate surface area is 113 Å². The second kappa shape index (κ2) is 5.59. The van der Waals surface area contributed by atoms with Crippen LogP contribution in [0.5, 0.6) is 0 Å². The van der Waals surface area contributed by atoms with Crippen LogP contribution in [0.1, 0.15) is 34.1 Å². The van der Waals surface area contributed by atoms with E-state index in [-0.39, 0.29) is 12.5 Å². The molecule has 0 saturated carbocycles. The quantitative estimate of drug-likeness (QED) is 0.535. The zero-order chi connectivity index (χ0) is 14.8. The van der Waals surface area contributed by atoms with Crippen molar-refractivity contribution < 1.29 is 23.9 Å². The zero-order valence-electron chi connectivity index (χ0n) is 12.1. The molecule has 6 heteroatoms. The van der Waals surface area contributed by atoms with Crippen LogP contribution in [0.25, 0.3) is 0 Å². The predicted octanol–water partition coefficient (Wildman–Crippen LogP) is 1.58. The Balaban J connectivity index is 2.85. The molecule has 2 atom stereocenters. The van der Waals surface area contributed by atoms with E-state index in [4.69, 9.17) is 4.74 Å². The smallest absolute Gasteiger partial charge is 0.417 e. The van der Waals surface area contributed by atoms with E-state index in [0.29, 0.717) is 6.42 Å². The molecule has 0 N–H and O–H groups in total. The summed E-state index contributed by atoms with van der Waals surface area (Å²) in [5.41, 5.74) is -0.682. The number of likely N-dealkylation sites (tertiary alicyclic amines) is 1. The molecule has 0 radical (unpaired) electrons. The molecule has 0 aromatic carbocycles. The highest BCUT2D eigenvalue weighted by atomic mass is 16.6. The van der Waals surface area contributed by atoms with Crippen molar-refractivity contribution in [3.63, 3.8) is 0 Å². The van der Waals surface area contributed by atoms with Crippen LogP contribution in [0.4, 0.5) is 4.79 Å². The topological polar surface area (TPSA) is 72.9 Å². The van der Waals surface area contributed by atoms with Crippen molar-refractivity contribution in [1.29, 1.82) is 0 Å². The minimum Gasteiger partial charge on any atom is -0.468 e. The lowest BCUT2D eigenvalue weighted by atomic mass is 9.90. The van der Waals surface area contributed by atoms with Gasteiger partial charge in [-0.05, 0) is 33.1 Å². The maximum atomic E-state index is 12.1. The fraction of sp³-hybridized carbons (Fsp3) is 0.769. The molecule has 1 rings (SSSR count). The van der Waals surface area contributed by atoms with Gasteiger partial charge in [0, 0.05) is 6.54 Å². The highest BCUT2D eigenvalue weighted by Crippen LogP contribution is 2.25. The molecule has 1 fully saturated rings. The number of carbonyl (C=O) groups excluding carboxylic acids is 3. The summed E-state index contributed by atoms with van der Waals surface area (Å²) in [4.78, 5) is 36.6. The monoisotopic (exact) mass is 271 g/mol. The van der Waals surface area contributed by atoms with Crippen LogP contribution in [-0.4, -0.2) is 42.1 Å². The van der Waals surface area contributed by atoms with Gasteiger partial charge in [-0.3, -0.25) is 9.59 Å². The van der Waals surface area contributed by atoms with Gasteiger partial charge in [0.2, 0.25) is 5.91 Å². The van der Waals surface area contributed by atoms with E-state index in [2.05, 4.69) is 4.74 Å². The zero-order valence-corrected chi connectivity index (χ0v) is 12.1. The SMILES string of the molecule is COC(=O)C1CC(C)CN(C(=O)OC(C)(C)C)C1=O. The second-order valence-corrected chi connectivity index (χ2v) is 5.85. The third-order valence-corrected chi connectivity index (χ3v) is 2.80. The van der Waals surface area contributed by atoms with Gasteiger partial charge in [-0.15, -0.1) is 0 Å². The summed E-state index contributed by atoms with van der Waals surface area (Å²) in [6.07, 6.45) is -0.317. The van der Waals surface area contributed by atoms with Crippen LogP contribution in [-0.2, 0) is 19.1 Å². The first-order chi connectivity index (χ1) is 8.65. The van der Waals surface area contributed by atoms with E-state index < -0.39 is 29.5 Å². The first-order valence-electron chi connectivity index (χ1n) is 6.28. The number of ether oxygens (including phenoxy) is 2. The number of esters is 1. The summed E-state index contributed by atoms with van der Waals surface area (Å²) in [5, 5.41) is 0.